The van der Waals surface area contributed by atoms with Crippen molar-refractivity contribution in [2.45, 2.75) is 39.5 Å². The van der Waals surface area contributed by atoms with E-state index in [4.69, 9.17) is 0 Å². The summed E-state index contributed by atoms with van der Waals surface area (Å²) in [5.41, 5.74) is 0. The van der Waals surface area contributed by atoms with Crippen molar-refractivity contribution in [2.75, 3.05) is 18.0 Å². The van der Waals surface area contributed by atoms with Gasteiger partial charge in [0.2, 0.25) is 0 Å². The fourth-order valence-corrected chi connectivity index (χ4v) is 3.97. The molecule has 104 valence electrons. The Kier molecular flexibility index (Phi) is 5.93. The maximum absolute atomic E-state index is 2.56. The number of rotatable bonds is 8. The molecule has 19 heavy (non-hydrogen) atoms. The van der Waals surface area contributed by atoms with E-state index < -0.39 is 0 Å². The SMILES string of the molecule is CCCCN(CCCC)c1ccc(-c2cccs2)s1. The average Bonchev–Trinajstić information content (AvgIpc) is 3.09. The summed E-state index contributed by atoms with van der Waals surface area (Å²) in [4.78, 5) is 5.36. The summed E-state index contributed by atoms with van der Waals surface area (Å²) in [5, 5.41) is 3.59. The Balaban J connectivity index is 2.08. The van der Waals surface area contributed by atoms with Gasteiger partial charge >= 0.3 is 0 Å². The van der Waals surface area contributed by atoms with E-state index in [0.717, 1.165) is 0 Å². The lowest BCUT2D eigenvalue weighted by Gasteiger charge is -2.22. The van der Waals surface area contributed by atoms with Crippen molar-refractivity contribution >= 4 is 27.7 Å². The molecule has 2 heterocycles. The maximum atomic E-state index is 2.56. The van der Waals surface area contributed by atoms with Crippen LogP contribution in [0.1, 0.15) is 39.5 Å². The molecule has 1 nitrogen and oxygen atoms in total. The number of hydrogen-bond donors (Lipinski definition) is 0. The molecule has 0 spiro atoms. The van der Waals surface area contributed by atoms with Crippen LogP contribution in [0, 0.1) is 0 Å². The molecule has 0 aliphatic carbocycles. The Labute approximate surface area is 124 Å². The quantitative estimate of drug-likeness (QED) is 0.587. The van der Waals surface area contributed by atoms with Gasteiger partial charge in [0.15, 0.2) is 0 Å². The van der Waals surface area contributed by atoms with Gasteiger partial charge in [-0.2, -0.15) is 0 Å². The summed E-state index contributed by atoms with van der Waals surface area (Å²) in [7, 11) is 0. The zero-order valence-electron chi connectivity index (χ0n) is 11.9. The van der Waals surface area contributed by atoms with Gasteiger partial charge in [0.1, 0.15) is 0 Å². The summed E-state index contributed by atoms with van der Waals surface area (Å²) in [6.45, 7) is 6.93. The highest BCUT2D eigenvalue weighted by Crippen LogP contribution is 2.36. The molecular weight excluding hydrogens is 270 g/mol. The van der Waals surface area contributed by atoms with Gasteiger partial charge in [-0.1, -0.05) is 32.8 Å². The van der Waals surface area contributed by atoms with Crippen molar-refractivity contribution in [1.82, 2.24) is 0 Å². The Morgan fingerprint density at radius 3 is 2.26 bits per heavy atom. The van der Waals surface area contributed by atoms with Crippen molar-refractivity contribution in [3.05, 3.63) is 29.6 Å². The molecule has 2 aromatic heterocycles. The number of anilines is 1. The van der Waals surface area contributed by atoms with Crippen molar-refractivity contribution in [3.8, 4) is 9.75 Å². The first kappa shape index (κ1) is 14.6. The molecule has 2 rings (SSSR count). The second-order valence-electron chi connectivity index (χ2n) is 4.81. The number of hydrogen-bond acceptors (Lipinski definition) is 3. The number of thiophene rings is 2. The van der Waals surface area contributed by atoms with E-state index in [1.54, 1.807) is 0 Å². The lowest BCUT2D eigenvalue weighted by molar-refractivity contribution is 0.682. The molecule has 0 saturated heterocycles. The van der Waals surface area contributed by atoms with Crippen molar-refractivity contribution < 1.29 is 0 Å². The molecule has 3 heteroatoms. The standard InChI is InChI=1S/C16H23NS2/c1-3-5-11-17(12-6-4-2)16-10-9-15(19-16)14-8-7-13-18-14/h7-10,13H,3-6,11-12H2,1-2H3. The summed E-state index contributed by atoms with van der Waals surface area (Å²) >= 11 is 3.76. The molecular formula is C16H23NS2. The van der Waals surface area contributed by atoms with Gasteiger partial charge in [0.25, 0.3) is 0 Å². The van der Waals surface area contributed by atoms with E-state index in [0.29, 0.717) is 0 Å². The largest absolute Gasteiger partial charge is 0.363 e. The van der Waals surface area contributed by atoms with Crippen LogP contribution in [-0.2, 0) is 0 Å². The Morgan fingerprint density at radius 1 is 0.947 bits per heavy atom. The molecule has 0 aromatic carbocycles. The zero-order chi connectivity index (χ0) is 13.5. The van der Waals surface area contributed by atoms with E-state index in [-0.39, 0.29) is 0 Å². The molecule has 0 atom stereocenters. The van der Waals surface area contributed by atoms with E-state index in [1.165, 1.54) is 53.5 Å². The van der Waals surface area contributed by atoms with Gasteiger partial charge in [-0.15, -0.1) is 22.7 Å². The smallest absolute Gasteiger partial charge is 0.0915 e. The summed E-state index contributed by atoms with van der Waals surface area (Å²) in [5.74, 6) is 0. The molecule has 0 amide bonds. The van der Waals surface area contributed by atoms with Crippen LogP contribution < -0.4 is 4.90 Å². The Bertz CT molecular complexity index is 451. The molecule has 0 bridgehead atoms. The second kappa shape index (κ2) is 7.71. The van der Waals surface area contributed by atoms with Crippen LogP contribution in [0.25, 0.3) is 9.75 Å². The van der Waals surface area contributed by atoms with Crippen LogP contribution in [0.2, 0.25) is 0 Å². The monoisotopic (exact) mass is 293 g/mol. The predicted molar refractivity (Wildman–Crippen MR) is 89.7 cm³/mol. The number of unbranched alkanes of at least 4 members (excludes halogenated alkanes) is 2. The fourth-order valence-electron chi connectivity index (χ4n) is 2.08. The van der Waals surface area contributed by atoms with Crippen LogP contribution in [0.3, 0.4) is 0 Å². The minimum absolute atomic E-state index is 1.20. The van der Waals surface area contributed by atoms with E-state index >= 15 is 0 Å². The first-order chi connectivity index (χ1) is 9.35. The normalized spacial score (nSPS) is 10.8. The second-order valence-corrected chi connectivity index (χ2v) is 6.82. The first-order valence-electron chi connectivity index (χ1n) is 7.23. The predicted octanol–water partition coefficient (Wildman–Crippen LogP) is 5.88. The molecule has 0 fully saturated rings. The van der Waals surface area contributed by atoms with Crippen molar-refractivity contribution in [1.29, 1.82) is 0 Å². The van der Waals surface area contributed by atoms with E-state index in [9.17, 15) is 0 Å². The molecule has 0 saturated carbocycles. The van der Waals surface area contributed by atoms with Gasteiger partial charge in [-0.3, -0.25) is 0 Å². The van der Waals surface area contributed by atoms with Gasteiger partial charge in [0, 0.05) is 22.8 Å². The van der Waals surface area contributed by atoms with Gasteiger partial charge in [0.05, 0.1) is 5.00 Å². The lowest BCUT2D eigenvalue weighted by Crippen LogP contribution is -2.24. The topological polar surface area (TPSA) is 3.24 Å². The zero-order valence-corrected chi connectivity index (χ0v) is 13.5. The van der Waals surface area contributed by atoms with Gasteiger partial charge in [-0.05, 0) is 36.4 Å². The van der Waals surface area contributed by atoms with Gasteiger partial charge < -0.3 is 4.90 Å². The van der Waals surface area contributed by atoms with E-state index in [2.05, 4.69) is 48.4 Å². The lowest BCUT2D eigenvalue weighted by atomic mass is 10.2. The third-order valence-electron chi connectivity index (χ3n) is 3.23. The first-order valence-corrected chi connectivity index (χ1v) is 8.93. The van der Waals surface area contributed by atoms with Crippen LogP contribution >= 0.6 is 22.7 Å². The Morgan fingerprint density at radius 2 is 1.68 bits per heavy atom. The highest BCUT2D eigenvalue weighted by molar-refractivity contribution is 7.23. The summed E-state index contributed by atoms with van der Waals surface area (Å²) < 4.78 is 0. The fraction of sp³-hybridized carbons (Fsp3) is 0.500. The Hall–Kier alpha value is -0.800. The average molecular weight is 294 g/mol. The summed E-state index contributed by atoms with van der Waals surface area (Å²) in [6.07, 6.45) is 5.11. The highest BCUT2D eigenvalue weighted by atomic mass is 32.1. The maximum Gasteiger partial charge on any atom is 0.0915 e. The molecule has 2 aromatic rings. The molecule has 0 aliphatic heterocycles. The van der Waals surface area contributed by atoms with Crippen LogP contribution in [-0.4, -0.2) is 13.1 Å². The van der Waals surface area contributed by atoms with Crippen molar-refractivity contribution in [3.63, 3.8) is 0 Å². The molecule has 0 aliphatic rings. The van der Waals surface area contributed by atoms with Crippen molar-refractivity contribution in [2.24, 2.45) is 0 Å². The van der Waals surface area contributed by atoms with Crippen LogP contribution in [0.4, 0.5) is 5.00 Å². The van der Waals surface area contributed by atoms with E-state index in [1.807, 2.05) is 22.7 Å². The van der Waals surface area contributed by atoms with Crippen LogP contribution in [0.15, 0.2) is 29.6 Å². The highest BCUT2D eigenvalue weighted by Gasteiger charge is 2.10. The third-order valence-corrected chi connectivity index (χ3v) is 5.44. The third kappa shape index (κ3) is 4.08. The van der Waals surface area contributed by atoms with Gasteiger partial charge in [-0.25, -0.2) is 0 Å². The summed E-state index contributed by atoms with van der Waals surface area (Å²) in [6, 6.07) is 8.91. The minimum Gasteiger partial charge on any atom is -0.363 e. The molecule has 0 radical (unpaired) electrons. The molecule has 0 N–H and O–H groups in total. The van der Waals surface area contributed by atoms with Crippen LogP contribution in [0.5, 0.6) is 0 Å². The number of nitrogens with zero attached hydrogens (tertiary/aromatic N) is 1. The minimum atomic E-state index is 1.20. The molecule has 0 unspecified atom stereocenters.